The van der Waals surface area contributed by atoms with Gasteiger partial charge in [-0.05, 0) is 37.5 Å². The molecule has 2 aromatic rings. The van der Waals surface area contributed by atoms with E-state index < -0.39 is 23.4 Å². The van der Waals surface area contributed by atoms with Crippen molar-refractivity contribution in [3.63, 3.8) is 0 Å². The second-order valence-electron chi connectivity index (χ2n) is 6.24. The molecule has 0 aliphatic heterocycles. The summed E-state index contributed by atoms with van der Waals surface area (Å²) in [5.74, 6) is -2.63. The lowest BCUT2D eigenvalue weighted by molar-refractivity contribution is -0.147. The summed E-state index contributed by atoms with van der Waals surface area (Å²) in [5.41, 5.74) is 5.85. The summed E-state index contributed by atoms with van der Waals surface area (Å²) in [6, 6.07) is 3.97. The Morgan fingerprint density at radius 2 is 2.07 bits per heavy atom. The van der Waals surface area contributed by atoms with E-state index in [4.69, 9.17) is 22.1 Å². The van der Waals surface area contributed by atoms with E-state index in [1.807, 2.05) is 0 Å². The van der Waals surface area contributed by atoms with Gasteiger partial charge in [-0.15, -0.1) is 11.3 Å². The fraction of sp³-hybridized carbons (Fsp3) is 0.316. The molecule has 1 heterocycles. The molecular weight excluding hydrogens is 407 g/mol. The minimum Gasteiger partial charge on any atom is -0.466 e. The highest BCUT2D eigenvalue weighted by atomic mass is 35.5. The molecule has 1 aromatic heterocycles. The van der Waals surface area contributed by atoms with Crippen molar-refractivity contribution in [2.45, 2.75) is 19.8 Å². The molecule has 0 spiro atoms. The summed E-state index contributed by atoms with van der Waals surface area (Å²) in [4.78, 5) is 37.9. The zero-order valence-electron chi connectivity index (χ0n) is 15.0. The van der Waals surface area contributed by atoms with Crippen molar-refractivity contribution in [2.75, 3.05) is 18.5 Å². The molecule has 1 aromatic carbocycles. The molecule has 28 heavy (non-hydrogen) atoms. The van der Waals surface area contributed by atoms with E-state index in [-0.39, 0.29) is 46.7 Å². The largest absolute Gasteiger partial charge is 0.466 e. The molecule has 6 nitrogen and oxygen atoms in total. The Morgan fingerprint density at radius 3 is 2.71 bits per heavy atom. The molecule has 0 radical (unpaired) electrons. The Bertz CT molecular complexity index is 939. The van der Waals surface area contributed by atoms with E-state index in [1.165, 1.54) is 23.5 Å². The Morgan fingerprint density at radius 1 is 1.32 bits per heavy atom. The van der Waals surface area contributed by atoms with Crippen molar-refractivity contribution in [1.82, 2.24) is 0 Å². The summed E-state index contributed by atoms with van der Waals surface area (Å²) < 4.78 is 19.4. The predicted octanol–water partition coefficient (Wildman–Crippen LogP) is 2.95. The maximum Gasteiger partial charge on any atom is 0.309 e. The van der Waals surface area contributed by atoms with Crippen LogP contribution in [0.1, 0.15) is 33.3 Å². The number of thiophene rings is 1. The second kappa shape index (κ2) is 8.38. The minimum absolute atomic E-state index is 0.0269. The topological polar surface area (TPSA) is 98.5 Å². The maximum absolute atomic E-state index is 14.3. The average Bonchev–Trinajstić information content (AvgIpc) is 3.18. The molecule has 0 saturated carbocycles. The van der Waals surface area contributed by atoms with Crippen molar-refractivity contribution >= 4 is 45.6 Å². The second-order valence-corrected chi connectivity index (χ2v) is 7.76. The van der Waals surface area contributed by atoms with Gasteiger partial charge in [0, 0.05) is 4.88 Å². The van der Waals surface area contributed by atoms with Crippen LogP contribution in [0.5, 0.6) is 0 Å². The molecule has 1 aliphatic rings. The van der Waals surface area contributed by atoms with Crippen molar-refractivity contribution < 1.29 is 23.5 Å². The van der Waals surface area contributed by atoms with Crippen molar-refractivity contribution in [3.8, 4) is 0 Å². The van der Waals surface area contributed by atoms with Gasteiger partial charge in [0.15, 0.2) is 0 Å². The van der Waals surface area contributed by atoms with Crippen LogP contribution < -0.4 is 11.1 Å². The molecule has 0 fully saturated rings. The van der Waals surface area contributed by atoms with Gasteiger partial charge in [0.1, 0.15) is 10.8 Å². The standard InChI is InChI=1S/C19H18ClFN2O4S/c1-2-27-19(26)9-6-10-13(7-9)28-18(23-14(24)8-22)15(10)17(25)16-11(20)4-3-5-12(16)21/h3-5,9H,2,6-8,22H2,1H3,(H,23,24). The van der Waals surface area contributed by atoms with Crippen LogP contribution in [0, 0.1) is 11.7 Å². The van der Waals surface area contributed by atoms with Crippen LogP contribution in [-0.2, 0) is 27.2 Å². The summed E-state index contributed by atoms with van der Waals surface area (Å²) in [6.07, 6.45) is 0.666. The van der Waals surface area contributed by atoms with Crippen LogP contribution >= 0.6 is 22.9 Å². The van der Waals surface area contributed by atoms with Gasteiger partial charge in [0.05, 0.1) is 35.2 Å². The molecule has 9 heteroatoms. The highest BCUT2D eigenvalue weighted by Gasteiger charge is 2.37. The molecule has 1 aliphatic carbocycles. The third-order valence-electron chi connectivity index (χ3n) is 4.45. The van der Waals surface area contributed by atoms with Gasteiger partial charge in [-0.3, -0.25) is 14.4 Å². The summed E-state index contributed by atoms with van der Waals surface area (Å²) in [6.45, 7) is 1.72. The number of carbonyl (C=O) groups is 3. The number of hydrogen-bond donors (Lipinski definition) is 2. The lowest BCUT2D eigenvalue weighted by Gasteiger charge is -2.11. The van der Waals surface area contributed by atoms with Crippen molar-refractivity contribution in [1.29, 1.82) is 0 Å². The van der Waals surface area contributed by atoms with Crippen LogP contribution in [0.3, 0.4) is 0 Å². The van der Waals surface area contributed by atoms with Gasteiger partial charge in [-0.2, -0.15) is 0 Å². The van der Waals surface area contributed by atoms with E-state index in [0.717, 1.165) is 10.9 Å². The van der Waals surface area contributed by atoms with Gasteiger partial charge in [-0.1, -0.05) is 17.7 Å². The minimum atomic E-state index is -0.756. The van der Waals surface area contributed by atoms with Crippen LogP contribution in [0.15, 0.2) is 18.2 Å². The molecule has 3 N–H and O–H groups in total. The number of carbonyl (C=O) groups excluding carboxylic acids is 3. The molecule has 0 saturated heterocycles. The van der Waals surface area contributed by atoms with Crippen LogP contribution in [0.2, 0.25) is 5.02 Å². The first kappa shape index (κ1) is 20.4. The number of esters is 1. The lowest BCUT2D eigenvalue weighted by Crippen LogP contribution is -2.23. The molecular formula is C19H18ClFN2O4S. The Hall–Kier alpha value is -2.29. The number of rotatable bonds is 6. The summed E-state index contributed by atoms with van der Waals surface area (Å²) in [5, 5.41) is 2.86. The Balaban J connectivity index is 2.05. The van der Waals surface area contributed by atoms with Gasteiger partial charge in [0.25, 0.3) is 0 Å². The van der Waals surface area contributed by atoms with Crippen molar-refractivity contribution in [3.05, 3.63) is 50.6 Å². The first-order valence-corrected chi connectivity index (χ1v) is 9.86. The number of ketones is 1. The average molecular weight is 425 g/mol. The van der Waals surface area contributed by atoms with Crippen LogP contribution in [0.4, 0.5) is 9.39 Å². The first-order valence-electron chi connectivity index (χ1n) is 8.67. The van der Waals surface area contributed by atoms with E-state index in [0.29, 0.717) is 12.0 Å². The van der Waals surface area contributed by atoms with Gasteiger partial charge in [-0.25, -0.2) is 4.39 Å². The third kappa shape index (κ3) is 3.80. The van der Waals surface area contributed by atoms with Gasteiger partial charge >= 0.3 is 5.97 Å². The zero-order valence-corrected chi connectivity index (χ0v) is 16.6. The predicted molar refractivity (Wildman–Crippen MR) is 104 cm³/mol. The lowest BCUT2D eigenvalue weighted by atomic mass is 9.98. The van der Waals surface area contributed by atoms with E-state index in [1.54, 1.807) is 6.92 Å². The van der Waals surface area contributed by atoms with Crippen molar-refractivity contribution in [2.24, 2.45) is 11.7 Å². The number of amides is 1. The third-order valence-corrected chi connectivity index (χ3v) is 5.93. The van der Waals surface area contributed by atoms with Gasteiger partial charge in [0.2, 0.25) is 11.7 Å². The molecule has 0 bridgehead atoms. The highest BCUT2D eigenvalue weighted by Crippen LogP contribution is 2.43. The van der Waals surface area contributed by atoms with Crippen LogP contribution in [0.25, 0.3) is 0 Å². The Labute approximate surface area is 169 Å². The number of fused-ring (bicyclic) bond motifs is 1. The van der Waals surface area contributed by atoms with E-state index in [9.17, 15) is 18.8 Å². The monoisotopic (exact) mass is 424 g/mol. The normalized spacial score (nSPS) is 15.2. The molecule has 1 atom stereocenters. The number of anilines is 1. The van der Waals surface area contributed by atoms with Crippen LogP contribution in [-0.4, -0.2) is 30.8 Å². The first-order chi connectivity index (χ1) is 13.4. The number of hydrogen-bond acceptors (Lipinski definition) is 6. The number of benzene rings is 1. The molecule has 3 rings (SSSR count). The summed E-state index contributed by atoms with van der Waals surface area (Å²) in [7, 11) is 0. The molecule has 1 amide bonds. The molecule has 1 unspecified atom stereocenters. The Kier molecular flexibility index (Phi) is 6.12. The number of nitrogens with one attached hydrogen (secondary N) is 1. The fourth-order valence-electron chi connectivity index (χ4n) is 3.21. The van der Waals surface area contributed by atoms with E-state index in [2.05, 4.69) is 5.32 Å². The fourth-order valence-corrected chi connectivity index (χ4v) is 4.78. The highest BCUT2D eigenvalue weighted by molar-refractivity contribution is 7.17. The smallest absolute Gasteiger partial charge is 0.309 e. The quantitative estimate of drug-likeness (QED) is 0.548. The zero-order chi connectivity index (χ0) is 20.4. The number of halogens is 2. The molecule has 148 valence electrons. The number of nitrogens with two attached hydrogens (primary N) is 1. The summed E-state index contributed by atoms with van der Waals surface area (Å²) >= 11 is 7.24. The SMILES string of the molecule is CCOC(=O)C1Cc2sc(NC(=O)CN)c(C(=O)c3c(F)cccc3Cl)c2C1. The number of ether oxygens (including phenoxy) is 1. The van der Waals surface area contributed by atoms with Gasteiger partial charge < -0.3 is 15.8 Å². The maximum atomic E-state index is 14.3. The van der Waals surface area contributed by atoms with E-state index >= 15 is 0 Å².